The normalized spacial score (nSPS) is 19.7. The average molecular weight is 497 g/mol. The number of allylic oxidation sites excluding steroid dienone is 1. The fraction of sp³-hybridized carbons (Fsp3) is 0.235. The van der Waals surface area contributed by atoms with Crippen molar-refractivity contribution in [2.75, 3.05) is 0 Å². The van der Waals surface area contributed by atoms with Crippen LogP contribution in [0.3, 0.4) is 0 Å². The Hall–Kier alpha value is -4.20. The van der Waals surface area contributed by atoms with Gasteiger partial charge in [-0.1, -0.05) is 68.4 Å². The molecule has 0 saturated heterocycles. The van der Waals surface area contributed by atoms with E-state index in [0.717, 1.165) is 52.0 Å². The molecule has 4 aromatic rings. The lowest BCUT2D eigenvalue weighted by molar-refractivity contribution is 0.695. The zero-order valence-electron chi connectivity index (χ0n) is 22.1. The van der Waals surface area contributed by atoms with Crippen LogP contribution in [0.1, 0.15) is 56.4 Å². The molecule has 1 aromatic heterocycles. The lowest BCUT2D eigenvalue weighted by Crippen LogP contribution is -2.23. The van der Waals surface area contributed by atoms with Crippen molar-refractivity contribution < 1.29 is 0 Å². The van der Waals surface area contributed by atoms with E-state index in [2.05, 4.69) is 116 Å². The van der Waals surface area contributed by atoms with E-state index < -0.39 is 0 Å². The molecule has 38 heavy (non-hydrogen) atoms. The maximum absolute atomic E-state index is 9.65. The van der Waals surface area contributed by atoms with Crippen molar-refractivity contribution in [1.82, 2.24) is 4.57 Å². The summed E-state index contributed by atoms with van der Waals surface area (Å²) in [5, 5.41) is 10.8. The highest BCUT2D eigenvalue weighted by atomic mass is 15.0. The number of benzene rings is 3. The van der Waals surface area contributed by atoms with E-state index in [4.69, 9.17) is 10.7 Å². The van der Waals surface area contributed by atoms with Gasteiger partial charge in [0.25, 0.3) is 0 Å². The summed E-state index contributed by atoms with van der Waals surface area (Å²) < 4.78 is 2.39. The van der Waals surface area contributed by atoms with Crippen LogP contribution in [0, 0.1) is 17.2 Å². The first-order chi connectivity index (χ1) is 18.5. The maximum atomic E-state index is 9.65. The van der Waals surface area contributed by atoms with Gasteiger partial charge in [-0.15, -0.1) is 0 Å². The van der Waals surface area contributed by atoms with E-state index in [1.165, 1.54) is 22.2 Å². The van der Waals surface area contributed by atoms with E-state index in [9.17, 15) is 5.26 Å². The Kier molecular flexibility index (Phi) is 6.10. The van der Waals surface area contributed by atoms with Crippen LogP contribution >= 0.6 is 0 Å². The molecule has 0 fully saturated rings. The summed E-state index contributed by atoms with van der Waals surface area (Å²) in [5.74, 6) is 0.631. The summed E-state index contributed by atoms with van der Waals surface area (Å²) in [6.45, 7) is 6.47. The number of para-hydroxylation sites is 1. The van der Waals surface area contributed by atoms with Gasteiger partial charge in [-0.25, -0.2) is 0 Å². The third-order valence-electron chi connectivity index (χ3n) is 7.86. The minimum Gasteiger partial charge on any atom is -0.324 e. The molecule has 2 N–H and O–H groups in total. The third kappa shape index (κ3) is 4.00. The molecule has 2 heterocycles. The summed E-state index contributed by atoms with van der Waals surface area (Å²) in [6, 6.07) is 28.2. The molecule has 0 radical (unpaired) electrons. The Bertz CT molecular complexity index is 1690. The monoisotopic (exact) mass is 496 g/mol. The smallest absolute Gasteiger partial charge is 0.0947 e. The lowest BCUT2D eigenvalue weighted by atomic mass is 9.88. The second-order valence-corrected chi connectivity index (χ2v) is 10.8. The van der Waals surface area contributed by atoms with Gasteiger partial charge in [0.2, 0.25) is 0 Å². The topological polar surface area (TPSA) is 67.1 Å². The lowest BCUT2D eigenvalue weighted by Gasteiger charge is -2.24. The van der Waals surface area contributed by atoms with Crippen LogP contribution in [-0.2, 0) is 0 Å². The molecule has 2 aliphatic rings. The number of rotatable bonds is 4. The van der Waals surface area contributed by atoms with Crippen molar-refractivity contribution in [3.05, 3.63) is 101 Å². The molecular formula is C34H32N4. The third-order valence-corrected chi connectivity index (χ3v) is 7.86. The van der Waals surface area contributed by atoms with Crippen LogP contribution < -0.4 is 5.73 Å². The number of nitriles is 1. The molecule has 0 saturated carbocycles. The molecule has 6 rings (SSSR count). The van der Waals surface area contributed by atoms with Crippen molar-refractivity contribution in [3.8, 4) is 22.9 Å². The predicted molar refractivity (Wildman–Crippen MR) is 158 cm³/mol. The molecule has 3 unspecified atom stereocenters. The van der Waals surface area contributed by atoms with Gasteiger partial charge < -0.3 is 10.3 Å². The minimum atomic E-state index is -0.0464. The quantitative estimate of drug-likeness (QED) is 0.312. The SMILES string of the molecule is CC1C=NC(c2ccccc2-c2cccc(-n3c4c(c5ccccc53)C=C(C#N)CC4C)c2)=C(C(C)N)C1. The number of nitrogens with two attached hydrogens (primary N) is 1. The molecule has 4 nitrogen and oxygen atoms in total. The molecule has 3 atom stereocenters. The number of hydrogen-bond acceptors (Lipinski definition) is 3. The standard InChI is InChI=1S/C34H32N4/c1-21-15-30(23(3)36)33(37-20-21)29-13-5-4-11-27(29)25-9-8-10-26(18-25)38-32-14-7-6-12-28(32)31-17-24(19-35)16-22(2)34(31)38/h4-14,17-18,20-23H,15-16,36H2,1-3H3. The van der Waals surface area contributed by atoms with Crippen molar-refractivity contribution in [3.63, 3.8) is 0 Å². The van der Waals surface area contributed by atoms with Gasteiger partial charge in [0.05, 0.1) is 17.3 Å². The van der Waals surface area contributed by atoms with E-state index in [-0.39, 0.29) is 12.0 Å². The highest BCUT2D eigenvalue weighted by Gasteiger charge is 2.26. The Morgan fingerprint density at radius 1 is 0.974 bits per heavy atom. The van der Waals surface area contributed by atoms with Gasteiger partial charge in [0, 0.05) is 51.6 Å². The average Bonchev–Trinajstić information content (AvgIpc) is 3.28. The van der Waals surface area contributed by atoms with Crippen molar-refractivity contribution >= 4 is 28.9 Å². The zero-order valence-corrected chi connectivity index (χ0v) is 22.1. The van der Waals surface area contributed by atoms with E-state index in [1.807, 2.05) is 0 Å². The number of nitrogens with zero attached hydrogens (tertiary/aromatic N) is 3. The second-order valence-electron chi connectivity index (χ2n) is 10.8. The number of aliphatic imine (C=N–C) groups is 1. The van der Waals surface area contributed by atoms with E-state index in [0.29, 0.717) is 5.92 Å². The second kappa shape index (κ2) is 9.59. The van der Waals surface area contributed by atoms with Crippen LogP contribution in [0.4, 0.5) is 0 Å². The highest BCUT2D eigenvalue weighted by molar-refractivity contribution is 5.95. The predicted octanol–water partition coefficient (Wildman–Crippen LogP) is 7.88. The Labute approximate surface area is 224 Å². The van der Waals surface area contributed by atoms with E-state index in [1.54, 1.807) is 0 Å². The van der Waals surface area contributed by atoms with Crippen molar-refractivity contribution in [2.24, 2.45) is 16.6 Å². The largest absolute Gasteiger partial charge is 0.324 e. The summed E-state index contributed by atoms with van der Waals surface area (Å²) in [7, 11) is 0. The zero-order chi connectivity index (χ0) is 26.4. The van der Waals surface area contributed by atoms with Crippen LogP contribution in [0.25, 0.3) is 39.5 Å². The Morgan fingerprint density at radius 2 is 1.74 bits per heavy atom. The molecule has 3 aromatic carbocycles. The number of hydrogen-bond donors (Lipinski definition) is 1. The van der Waals surface area contributed by atoms with Gasteiger partial charge in [-0.2, -0.15) is 5.26 Å². The molecular weight excluding hydrogens is 464 g/mol. The molecule has 0 amide bonds. The fourth-order valence-corrected chi connectivity index (χ4v) is 6.12. The Balaban J connectivity index is 1.55. The van der Waals surface area contributed by atoms with Gasteiger partial charge in [0.15, 0.2) is 0 Å². The van der Waals surface area contributed by atoms with Crippen LogP contribution in [0.2, 0.25) is 0 Å². The summed E-state index contributed by atoms with van der Waals surface area (Å²) in [4.78, 5) is 4.90. The van der Waals surface area contributed by atoms with Crippen molar-refractivity contribution in [1.29, 1.82) is 5.26 Å². The molecule has 0 spiro atoms. The van der Waals surface area contributed by atoms with Crippen molar-refractivity contribution in [2.45, 2.75) is 45.6 Å². The molecule has 1 aliphatic heterocycles. The highest BCUT2D eigenvalue weighted by Crippen LogP contribution is 2.42. The van der Waals surface area contributed by atoms with Crippen LogP contribution in [-0.4, -0.2) is 16.8 Å². The summed E-state index contributed by atoms with van der Waals surface area (Å²) >= 11 is 0. The summed E-state index contributed by atoms with van der Waals surface area (Å²) in [6.07, 6.45) is 5.82. The van der Waals surface area contributed by atoms with Gasteiger partial charge in [0.1, 0.15) is 0 Å². The first kappa shape index (κ1) is 24.2. The first-order valence-corrected chi connectivity index (χ1v) is 13.4. The van der Waals surface area contributed by atoms with E-state index >= 15 is 0 Å². The minimum absolute atomic E-state index is 0.0464. The number of fused-ring (bicyclic) bond motifs is 3. The summed E-state index contributed by atoms with van der Waals surface area (Å²) in [5.41, 5.74) is 17.6. The van der Waals surface area contributed by atoms with Crippen LogP contribution in [0.15, 0.2) is 88.9 Å². The van der Waals surface area contributed by atoms with Crippen LogP contribution in [0.5, 0.6) is 0 Å². The molecule has 4 heteroatoms. The van der Waals surface area contributed by atoms with Gasteiger partial charge >= 0.3 is 0 Å². The van der Waals surface area contributed by atoms with Gasteiger partial charge in [-0.05, 0) is 66.7 Å². The molecule has 188 valence electrons. The molecule has 1 aliphatic carbocycles. The molecule has 0 bridgehead atoms. The van der Waals surface area contributed by atoms with Gasteiger partial charge in [-0.3, -0.25) is 4.99 Å². The maximum Gasteiger partial charge on any atom is 0.0947 e. The first-order valence-electron chi connectivity index (χ1n) is 13.4. The number of aromatic nitrogens is 1. The Morgan fingerprint density at radius 3 is 2.53 bits per heavy atom. The fourth-order valence-electron chi connectivity index (χ4n) is 6.12.